The SMILES string of the molecule is CC(C)(C)OC(=O)Cn1nnc(NBr)n1. The van der Waals surface area contributed by atoms with Crippen LogP contribution in [0.2, 0.25) is 0 Å². The van der Waals surface area contributed by atoms with E-state index in [1.54, 1.807) is 20.8 Å². The largest absolute Gasteiger partial charge is 0.459 e. The van der Waals surface area contributed by atoms with Gasteiger partial charge in [0.05, 0.1) is 0 Å². The van der Waals surface area contributed by atoms with Gasteiger partial charge in [-0.2, -0.15) is 4.80 Å². The number of rotatable bonds is 3. The number of carbonyl (C=O) groups is 1. The first-order valence-electron chi connectivity index (χ1n) is 4.27. The van der Waals surface area contributed by atoms with Gasteiger partial charge in [-0.3, -0.25) is 4.34 Å². The Hall–Kier alpha value is -1.18. The Balaban J connectivity index is 2.51. The van der Waals surface area contributed by atoms with Crippen LogP contribution in [0.5, 0.6) is 0 Å². The van der Waals surface area contributed by atoms with Crippen molar-refractivity contribution in [1.29, 1.82) is 0 Å². The van der Waals surface area contributed by atoms with Crippen LogP contribution >= 0.6 is 16.1 Å². The van der Waals surface area contributed by atoms with Crippen molar-refractivity contribution in [3.8, 4) is 0 Å². The fourth-order valence-electron chi connectivity index (χ4n) is 0.837. The molecule has 0 aliphatic heterocycles. The monoisotopic (exact) mass is 277 g/mol. The second kappa shape index (κ2) is 4.56. The molecule has 15 heavy (non-hydrogen) atoms. The summed E-state index contributed by atoms with van der Waals surface area (Å²) in [7, 11) is 0. The molecule has 0 unspecified atom stereocenters. The van der Waals surface area contributed by atoms with Crippen molar-refractivity contribution >= 4 is 28.1 Å². The Morgan fingerprint density at radius 3 is 2.73 bits per heavy atom. The van der Waals surface area contributed by atoms with Crippen LogP contribution in [0, 0.1) is 0 Å². The van der Waals surface area contributed by atoms with Crippen molar-refractivity contribution in [2.75, 3.05) is 4.34 Å². The van der Waals surface area contributed by atoms with Crippen LogP contribution in [0.25, 0.3) is 0 Å². The molecule has 0 aliphatic carbocycles. The van der Waals surface area contributed by atoms with Crippen LogP contribution in [-0.2, 0) is 16.1 Å². The molecule has 84 valence electrons. The molecule has 0 amide bonds. The highest BCUT2D eigenvalue weighted by atomic mass is 79.9. The van der Waals surface area contributed by atoms with Crippen molar-refractivity contribution in [3.63, 3.8) is 0 Å². The molecule has 1 rings (SSSR count). The third-order valence-electron chi connectivity index (χ3n) is 1.23. The van der Waals surface area contributed by atoms with E-state index in [4.69, 9.17) is 4.74 Å². The summed E-state index contributed by atoms with van der Waals surface area (Å²) in [5, 5.41) is 11.1. The number of carbonyl (C=O) groups excluding carboxylic acids is 1. The third-order valence-corrected chi connectivity index (χ3v) is 1.58. The van der Waals surface area contributed by atoms with Crippen molar-refractivity contribution < 1.29 is 9.53 Å². The molecule has 0 aromatic carbocycles. The van der Waals surface area contributed by atoms with Gasteiger partial charge in [-0.15, -0.1) is 5.10 Å². The molecule has 0 bridgehead atoms. The lowest BCUT2D eigenvalue weighted by atomic mass is 10.2. The Morgan fingerprint density at radius 2 is 2.27 bits per heavy atom. The van der Waals surface area contributed by atoms with Gasteiger partial charge in [-0.05, 0) is 26.0 Å². The first kappa shape index (κ1) is 11.9. The molecular weight excluding hydrogens is 266 g/mol. The van der Waals surface area contributed by atoms with Crippen molar-refractivity contribution in [2.24, 2.45) is 0 Å². The highest BCUT2D eigenvalue weighted by Crippen LogP contribution is 2.07. The number of esters is 1. The van der Waals surface area contributed by atoms with Crippen molar-refractivity contribution in [3.05, 3.63) is 0 Å². The van der Waals surface area contributed by atoms with Gasteiger partial charge in [0.2, 0.25) is 0 Å². The first-order chi connectivity index (χ1) is 6.90. The predicted octanol–water partition coefficient (Wildman–Crippen LogP) is 0.737. The number of ether oxygens (including phenoxy) is 1. The molecule has 0 fully saturated rings. The number of tetrazole rings is 1. The molecule has 8 heteroatoms. The quantitative estimate of drug-likeness (QED) is 0.648. The highest BCUT2D eigenvalue weighted by Gasteiger charge is 2.17. The summed E-state index contributed by atoms with van der Waals surface area (Å²) in [5.41, 5.74) is -0.506. The number of nitrogens with one attached hydrogen (secondary N) is 1. The summed E-state index contributed by atoms with van der Waals surface area (Å²) in [6.45, 7) is 5.33. The second-order valence-electron chi connectivity index (χ2n) is 3.82. The zero-order chi connectivity index (χ0) is 11.5. The van der Waals surface area contributed by atoms with E-state index in [1.807, 2.05) is 0 Å². The fourth-order valence-corrected chi connectivity index (χ4v) is 0.996. The minimum absolute atomic E-state index is 0.0566. The van der Waals surface area contributed by atoms with E-state index in [1.165, 1.54) is 0 Å². The van der Waals surface area contributed by atoms with Gasteiger partial charge in [-0.1, -0.05) is 5.10 Å². The third kappa shape index (κ3) is 4.24. The van der Waals surface area contributed by atoms with E-state index in [0.717, 1.165) is 4.80 Å². The topological polar surface area (TPSA) is 81.9 Å². The van der Waals surface area contributed by atoms with Crippen LogP contribution in [0.3, 0.4) is 0 Å². The van der Waals surface area contributed by atoms with E-state index in [9.17, 15) is 4.79 Å². The molecule has 0 saturated carbocycles. The zero-order valence-corrected chi connectivity index (χ0v) is 10.3. The van der Waals surface area contributed by atoms with E-state index in [-0.39, 0.29) is 6.54 Å². The summed E-state index contributed by atoms with van der Waals surface area (Å²) >= 11 is 2.94. The summed E-state index contributed by atoms with van der Waals surface area (Å²) < 4.78 is 7.61. The van der Waals surface area contributed by atoms with Crippen molar-refractivity contribution in [1.82, 2.24) is 20.2 Å². The maximum absolute atomic E-state index is 11.3. The van der Waals surface area contributed by atoms with Gasteiger partial charge in [0.1, 0.15) is 5.60 Å². The number of anilines is 1. The maximum Gasteiger partial charge on any atom is 0.330 e. The Kier molecular flexibility index (Phi) is 3.61. The van der Waals surface area contributed by atoms with Crippen LogP contribution in [-0.4, -0.2) is 31.8 Å². The first-order valence-corrected chi connectivity index (χ1v) is 5.06. The number of halogens is 1. The fraction of sp³-hybridized carbons (Fsp3) is 0.714. The number of hydrogen-bond donors (Lipinski definition) is 1. The minimum Gasteiger partial charge on any atom is -0.459 e. The van der Waals surface area contributed by atoms with Gasteiger partial charge < -0.3 is 4.74 Å². The Labute approximate surface area is 95.5 Å². The van der Waals surface area contributed by atoms with Crippen molar-refractivity contribution in [2.45, 2.75) is 32.9 Å². The molecular formula is C7H12BrN5O2. The molecule has 1 N–H and O–H groups in total. The van der Waals surface area contributed by atoms with Crippen LogP contribution in [0.4, 0.5) is 5.95 Å². The number of nitrogens with zero attached hydrogens (tertiary/aromatic N) is 4. The maximum atomic E-state index is 11.3. The molecule has 1 heterocycles. The molecule has 0 spiro atoms. The van der Waals surface area contributed by atoms with Crippen LogP contribution < -0.4 is 4.34 Å². The van der Waals surface area contributed by atoms with Gasteiger partial charge in [0.15, 0.2) is 6.54 Å². The van der Waals surface area contributed by atoms with E-state index in [0.29, 0.717) is 5.95 Å². The highest BCUT2D eigenvalue weighted by molar-refractivity contribution is 9.10. The smallest absolute Gasteiger partial charge is 0.330 e. The lowest BCUT2D eigenvalue weighted by molar-refractivity contribution is -0.156. The number of hydrogen-bond acceptors (Lipinski definition) is 6. The van der Waals surface area contributed by atoms with Gasteiger partial charge >= 0.3 is 5.97 Å². The normalized spacial score (nSPS) is 11.2. The summed E-state index contributed by atoms with van der Waals surface area (Å²) in [4.78, 5) is 12.5. The standard InChI is InChI=1S/C7H12BrN5O2/c1-7(2,3)15-5(14)4-13-11-6(9-8)10-12-13/h4H2,1-3H3,(H,9,11). The molecule has 0 radical (unpaired) electrons. The number of aromatic nitrogens is 4. The second-order valence-corrected chi connectivity index (χ2v) is 4.22. The molecule has 7 nitrogen and oxygen atoms in total. The van der Waals surface area contributed by atoms with Gasteiger partial charge in [0.25, 0.3) is 5.95 Å². The molecule has 1 aromatic rings. The lowest BCUT2D eigenvalue weighted by Gasteiger charge is -2.18. The predicted molar refractivity (Wildman–Crippen MR) is 56.2 cm³/mol. The summed E-state index contributed by atoms with van der Waals surface area (Å²) in [6, 6.07) is 0. The Morgan fingerprint density at radius 1 is 1.60 bits per heavy atom. The van der Waals surface area contributed by atoms with E-state index in [2.05, 4.69) is 35.9 Å². The minimum atomic E-state index is -0.506. The molecule has 1 aromatic heterocycles. The average molecular weight is 278 g/mol. The Bertz CT molecular complexity index is 345. The van der Waals surface area contributed by atoms with E-state index < -0.39 is 11.6 Å². The zero-order valence-electron chi connectivity index (χ0n) is 8.69. The molecule has 0 saturated heterocycles. The lowest BCUT2D eigenvalue weighted by Crippen LogP contribution is -2.27. The van der Waals surface area contributed by atoms with Gasteiger partial charge in [0, 0.05) is 16.1 Å². The van der Waals surface area contributed by atoms with Gasteiger partial charge in [-0.25, -0.2) is 4.79 Å². The summed E-state index contributed by atoms with van der Waals surface area (Å²) in [6.07, 6.45) is 0. The average Bonchev–Trinajstić information content (AvgIpc) is 2.48. The van der Waals surface area contributed by atoms with E-state index >= 15 is 0 Å². The molecule has 0 atom stereocenters. The summed E-state index contributed by atoms with van der Waals surface area (Å²) in [5.74, 6) is -0.111. The van der Waals surface area contributed by atoms with Crippen LogP contribution in [0.1, 0.15) is 20.8 Å². The molecule has 0 aliphatic rings. The van der Waals surface area contributed by atoms with Crippen LogP contribution in [0.15, 0.2) is 0 Å².